The average Bonchev–Trinajstić information content (AvgIpc) is 2.92. The number of pyridine rings is 1. The van der Waals surface area contributed by atoms with Crippen LogP contribution in [0.1, 0.15) is 23.6 Å². The number of halogens is 2. The van der Waals surface area contributed by atoms with Crippen molar-refractivity contribution in [2.75, 3.05) is 11.4 Å². The van der Waals surface area contributed by atoms with Gasteiger partial charge in [0.15, 0.2) is 11.6 Å². The molecule has 2 heterocycles. The number of β-amino-alcohol motifs (C(OH)–C–C–N with tert-alkyl or cyclic N) is 1. The largest absolute Gasteiger partial charge is 0.391 e. The van der Waals surface area contributed by atoms with Gasteiger partial charge in [-0.15, -0.1) is 0 Å². The van der Waals surface area contributed by atoms with Gasteiger partial charge in [0.25, 0.3) is 0 Å². The lowest BCUT2D eigenvalue weighted by molar-refractivity contribution is 0.194. The zero-order valence-electron chi connectivity index (χ0n) is 11.6. The Balaban J connectivity index is 1.98. The number of aliphatic hydroxyl groups is 1. The zero-order valence-corrected chi connectivity index (χ0v) is 11.6. The van der Waals surface area contributed by atoms with Gasteiger partial charge in [0, 0.05) is 12.7 Å². The summed E-state index contributed by atoms with van der Waals surface area (Å²) in [5.74, 6) is -1.29. The summed E-state index contributed by atoms with van der Waals surface area (Å²) in [7, 11) is 0. The van der Waals surface area contributed by atoms with Crippen LogP contribution in [0, 0.1) is 23.0 Å². The summed E-state index contributed by atoms with van der Waals surface area (Å²) >= 11 is 0. The fourth-order valence-corrected chi connectivity index (χ4v) is 2.75. The third-order valence-corrected chi connectivity index (χ3v) is 3.78. The van der Waals surface area contributed by atoms with E-state index in [0.717, 1.165) is 12.1 Å². The van der Waals surface area contributed by atoms with Crippen LogP contribution in [0.2, 0.25) is 0 Å². The third kappa shape index (κ3) is 2.63. The molecule has 1 aromatic carbocycles. The van der Waals surface area contributed by atoms with Crippen LogP contribution in [0.4, 0.5) is 14.6 Å². The summed E-state index contributed by atoms with van der Waals surface area (Å²) in [6.07, 6.45) is 1.32. The first-order valence-electron chi connectivity index (χ1n) is 6.84. The van der Waals surface area contributed by atoms with Crippen LogP contribution in [-0.2, 0) is 0 Å². The Morgan fingerprint density at radius 1 is 1.23 bits per heavy atom. The Hall–Kier alpha value is -2.52. The molecule has 0 bridgehead atoms. The number of rotatable bonds is 2. The van der Waals surface area contributed by atoms with Crippen molar-refractivity contribution < 1.29 is 13.9 Å². The Kier molecular flexibility index (Phi) is 3.73. The molecule has 1 aromatic heterocycles. The predicted octanol–water partition coefficient (Wildman–Crippen LogP) is 2.54. The minimum absolute atomic E-state index is 0.313. The van der Waals surface area contributed by atoms with Crippen LogP contribution in [-0.4, -0.2) is 22.7 Å². The molecule has 1 saturated heterocycles. The van der Waals surface area contributed by atoms with Crippen LogP contribution in [0.5, 0.6) is 0 Å². The van der Waals surface area contributed by atoms with Crippen molar-refractivity contribution in [3.05, 3.63) is 59.3 Å². The Labute approximate surface area is 126 Å². The maximum atomic E-state index is 13.5. The number of hydrogen-bond acceptors (Lipinski definition) is 4. The van der Waals surface area contributed by atoms with Gasteiger partial charge in [0.2, 0.25) is 0 Å². The molecule has 0 radical (unpaired) electrons. The lowest BCUT2D eigenvalue weighted by Crippen LogP contribution is -2.25. The molecule has 22 heavy (non-hydrogen) atoms. The monoisotopic (exact) mass is 301 g/mol. The van der Waals surface area contributed by atoms with Crippen LogP contribution in [0.15, 0.2) is 36.5 Å². The minimum Gasteiger partial charge on any atom is -0.391 e. The SMILES string of the molecule is N#Cc1ccnc(N2C[C@H](O)C[C@H]2c2ccc(F)c(F)c2)c1. The van der Waals surface area contributed by atoms with E-state index in [4.69, 9.17) is 5.26 Å². The van der Waals surface area contributed by atoms with Gasteiger partial charge >= 0.3 is 0 Å². The second kappa shape index (κ2) is 5.70. The number of nitrogens with zero attached hydrogens (tertiary/aromatic N) is 3. The highest BCUT2D eigenvalue weighted by atomic mass is 19.2. The van der Waals surface area contributed by atoms with E-state index in [1.165, 1.54) is 12.3 Å². The van der Waals surface area contributed by atoms with Crippen molar-refractivity contribution >= 4 is 5.82 Å². The molecule has 0 unspecified atom stereocenters. The normalized spacial score (nSPS) is 20.9. The molecular weight excluding hydrogens is 288 g/mol. The second-order valence-electron chi connectivity index (χ2n) is 5.25. The van der Waals surface area contributed by atoms with Crippen LogP contribution >= 0.6 is 0 Å². The van der Waals surface area contributed by atoms with Crippen LogP contribution in [0.3, 0.4) is 0 Å². The number of nitriles is 1. The smallest absolute Gasteiger partial charge is 0.159 e. The quantitative estimate of drug-likeness (QED) is 0.926. The highest BCUT2D eigenvalue weighted by Gasteiger charge is 2.33. The van der Waals surface area contributed by atoms with E-state index >= 15 is 0 Å². The molecular formula is C16H13F2N3O. The average molecular weight is 301 g/mol. The topological polar surface area (TPSA) is 60.2 Å². The van der Waals surface area contributed by atoms with Crippen molar-refractivity contribution in [3.8, 4) is 6.07 Å². The number of hydrogen-bond donors (Lipinski definition) is 1. The second-order valence-corrected chi connectivity index (χ2v) is 5.25. The van der Waals surface area contributed by atoms with Crippen molar-refractivity contribution in [1.29, 1.82) is 5.26 Å². The predicted molar refractivity (Wildman–Crippen MR) is 76.0 cm³/mol. The summed E-state index contributed by atoms with van der Waals surface area (Å²) in [6.45, 7) is 0.325. The Bertz CT molecular complexity index is 744. The van der Waals surface area contributed by atoms with E-state index in [2.05, 4.69) is 4.98 Å². The molecule has 0 saturated carbocycles. The maximum absolute atomic E-state index is 13.5. The molecule has 3 rings (SSSR count). The van der Waals surface area contributed by atoms with E-state index in [1.54, 1.807) is 17.0 Å². The van der Waals surface area contributed by atoms with E-state index in [0.29, 0.717) is 29.9 Å². The molecule has 1 aliphatic rings. The number of aliphatic hydroxyl groups excluding tert-OH is 1. The van der Waals surface area contributed by atoms with Gasteiger partial charge in [-0.2, -0.15) is 5.26 Å². The molecule has 4 nitrogen and oxygen atoms in total. The first-order valence-corrected chi connectivity index (χ1v) is 6.84. The van der Waals surface area contributed by atoms with E-state index in [1.807, 2.05) is 6.07 Å². The van der Waals surface area contributed by atoms with Gasteiger partial charge in [0.1, 0.15) is 5.82 Å². The lowest BCUT2D eigenvalue weighted by Gasteiger charge is -2.25. The molecule has 0 aliphatic carbocycles. The zero-order chi connectivity index (χ0) is 15.7. The maximum Gasteiger partial charge on any atom is 0.159 e. The molecule has 2 aromatic rings. The number of anilines is 1. The van der Waals surface area contributed by atoms with Gasteiger partial charge in [-0.1, -0.05) is 6.07 Å². The van der Waals surface area contributed by atoms with Gasteiger partial charge < -0.3 is 10.0 Å². The van der Waals surface area contributed by atoms with Gasteiger partial charge in [-0.05, 0) is 36.2 Å². The summed E-state index contributed by atoms with van der Waals surface area (Å²) in [5, 5.41) is 18.9. The Morgan fingerprint density at radius 3 is 2.77 bits per heavy atom. The molecule has 2 atom stereocenters. The summed E-state index contributed by atoms with van der Waals surface area (Å²) in [5.41, 5.74) is 1.02. The fourth-order valence-electron chi connectivity index (χ4n) is 2.75. The van der Waals surface area contributed by atoms with Crippen molar-refractivity contribution in [2.24, 2.45) is 0 Å². The molecule has 0 spiro atoms. The van der Waals surface area contributed by atoms with Crippen molar-refractivity contribution in [2.45, 2.75) is 18.6 Å². The first kappa shape index (κ1) is 14.4. The number of benzene rings is 1. The van der Waals surface area contributed by atoms with Gasteiger partial charge in [0.05, 0.1) is 23.8 Å². The summed E-state index contributed by atoms with van der Waals surface area (Å²) in [4.78, 5) is 6.02. The van der Waals surface area contributed by atoms with Crippen LogP contribution in [0.25, 0.3) is 0 Å². The molecule has 6 heteroatoms. The fraction of sp³-hybridized carbons (Fsp3) is 0.250. The first-order chi connectivity index (χ1) is 10.6. The minimum atomic E-state index is -0.919. The van der Waals surface area contributed by atoms with Crippen molar-refractivity contribution in [3.63, 3.8) is 0 Å². The molecule has 1 aliphatic heterocycles. The molecule has 0 amide bonds. The Morgan fingerprint density at radius 2 is 2.05 bits per heavy atom. The lowest BCUT2D eigenvalue weighted by atomic mass is 10.0. The molecule has 1 N–H and O–H groups in total. The number of aromatic nitrogens is 1. The third-order valence-electron chi connectivity index (χ3n) is 3.78. The van der Waals surface area contributed by atoms with E-state index in [-0.39, 0.29) is 6.04 Å². The van der Waals surface area contributed by atoms with E-state index in [9.17, 15) is 13.9 Å². The highest BCUT2D eigenvalue weighted by Crippen LogP contribution is 2.36. The molecule has 112 valence electrons. The summed E-state index contributed by atoms with van der Waals surface area (Å²) < 4.78 is 26.6. The van der Waals surface area contributed by atoms with Gasteiger partial charge in [-0.25, -0.2) is 13.8 Å². The standard InChI is InChI=1S/C16H13F2N3O/c17-13-2-1-11(6-14(13)18)15-7-12(22)9-21(15)16-5-10(8-19)3-4-20-16/h1-6,12,15,22H,7,9H2/t12-,15+/m1/s1. The summed E-state index contributed by atoms with van der Waals surface area (Å²) in [6, 6.07) is 8.64. The van der Waals surface area contributed by atoms with Gasteiger partial charge in [-0.3, -0.25) is 0 Å². The van der Waals surface area contributed by atoms with Crippen molar-refractivity contribution in [1.82, 2.24) is 4.98 Å². The van der Waals surface area contributed by atoms with Crippen LogP contribution < -0.4 is 4.90 Å². The highest BCUT2D eigenvalue weighted by molar-refractivity contribution is 5.49. The molecule has 1 fully saturated rings. The van der Waals surface area contributed by atoms with E-state index < -0.39 is 17.7 Å².